The maximum Gasteiger partial charge on any atom is 0.0602 e. The number of aryl methyl sites for hydroxylation is 2. The predicted molar refractivity (Wildman–Crippen MR) is 197 cm³/mol. The monoisotopic (exact) mass is 825 g/mol. The molecule has 3 heterocycles. The van der Waals surface area contributed by atoms with Crippen LogP contribution in [0.5, 0.6) is 0 Å². The molecule has 0 N–H and O–H groups in total. The van der Waals surface area contributed by atoms with E-state index in [0.717, 1.165) is 22.8 Å². The van der Waals surface area contributed by atoms with Crippen molar-refractivity contribution >= 4 is 11.3 Å². The van der Waals surface area contributed by atoms with E-state index in [2.05, 4.69) is 151 Å². The number of benzene rings is 4. The first-order valence-electron chi connectivity index (χ1n) is 16.1. The third-order valence-electron chi connectivity index (χ3n) is 8.38. The predicted octanol–water partition coefficient (Wildman–Crippen LogP) is 11.3. The number of para-hydroxylation sites is 1. The molecule has 6 heteroatoms. The van der Waals surface area contributed by atoms with Crippen molar-refractivity contribution in [3.05, 3.63) is 155 Å². The minimum atomic E-state index is 0. The van der Waals surface area contributed by atoms with Crippen LogP contribution in [0.4, 0.5) is 0 Å². The van der Waals surface area contributed by atoms with Crippen LogP contribution in [0.15, 0.2) is 120 Å². The Morgan fingerprint density at radius 2 is 1.21 bits per heavy atom. The van der Waals surface area contributed by atoms with Crippen molar-refractivity contribution in [2.75, 3.05) is 0 Å². The van der Waals surface area contributed by atoms with E-state index in [-0.39, 0.29) is 20.1 Å². The Morgan fingerprint density at radius 1 is 0.625 bits per heavy atom. The minimum Gasteiger partial charge on any atom is -0.353 e. The van der Waals surface area contributed by atoms with Gasteiger partial charge in [-0.2, -0.15) is 6.07 Å². The topological polar surface area (TPSA) is 35.6 Å². The smallest absolute Gasteiger partial charge is 0.0602 e. The summed E-state index contributed by atoms with van der Waals surface area (Å²) in [5.41, 5.74) is 12.2. The molecule has 0 fully saturated rings. The van der Waals surface area contributed by atoms with Crippen LogP contribution in [-0.2, 0) is 20.1 Å². The molecule has 0 aliphatic carbocycles. The van der Waals surface area contributed by atoms with E-state index in [0.29, 0.717) is 11.8 Å². The van der Waals surface area contributed by atoms with Crippen molar-refractivity contribution in [1.82, 2.24) is 19.1 Å². The van der Waals surface area contributed by atoms with Gasteiger partial charge in [0.2, 0.25) is 0 Å². The zero-order valence-electron chi connectivity index (χ0n) is 28.2. The summed E-state index contributed by atoms with van der Waals surface area (Å²) in [6.45, 7) is 13.3. The zero-order chi connectivity index (χ0) is 32.9. The van der Waals surface area contributed by atoms with E-state index >= 15 is 0 Å². The summed E-state index contributed by atoms with van der Waals surface area (Å²) in [5, 5.41) is 4.03. The Labute approximate surface area is 302 Å². The first-order valence-corrected chi connectivity index (χ1v) is 17.1. The summed E-state index contributed by atoms with van der Waals surface area (Å²) < 4.78 is 4.38. The molecule has 0 spiro atoms. The molecule has 245 valence electrons. The standard InChI is InChI=1S/C27H27N2.C15H13N2S.Ir/c1-19(2)24-17-23(21-11-7-5-8-12-21)18-25(20(3)4)26(24)29-16-15-28-27(29)22-13-9-6-10-14-22;1-11-4-3-5-12(2)14(11)17-8-7-16-15(17)13-6-9-18-10-13;/h5-13,15-20H,1-4H3;3-5,7-10H,1-2H3;/q2*-1;. The van der Waals surface area contributed by atoms with Gasteiger partial charge in [0.1, 0.15) is 0 Å². The van der Waals surface area contributed by atoms with Crippen molar-refractivity contribution in [1.29, 1.82) is 0 Å². The summed E-state index contributed by atoms with van der Waals surface area (Å²) >= 11 is 1.64. The fourth-order valence-electron chi connectivity index (χ4n) is 6.07. The molecular weight excluding hydrogens is 785 g/mol. The molecule has 0 saturated carbocycles. The molecule has 48 heavy (non-hydrogen) atoms. The maximum absolute atomic E-state index is 4.68. The Bertz CT molecular complexity index is 2010. The van der Waals surface area contributed by atoms with Gasteiger partial charge in [0, 0.05) is 62.1 Å². The molecule has 0 aliphatic rings. The first kappa shape index (κ1) is 35.0. The van der Waals surface area contributed by atoms with Crippen LogP contribution < -0.4 is 0 Å². The SMILES string of the molecule is CC(C)c1cc(-c2ccccc2)cc(C(C)C)c1-n1ccnc1-c1[c-]cccc1.Cc1cccc(C)c1-n1ccnc1-c1[c-]csc1.[Ir]. The minimum absolute atomic E-state index is 0. The molecule has 0 aliphatic heterocycles. The molecule has 0 unspecified atom stereocenters. The average molecular weight is 825 g/mol. The van der Waals surface area contributed by atoms with Gasteiger partial charge in [0.25, 0.3) is 0 Å². The molecule has 0 saturated heterocycles. The van der Waals surface area contributed by atoms with Gasteiger partial charge in [-0.05, 0) is 71.2 Å². The second-order valence-corrected chi connectivity index (χ2v) is 13.1. The maximum atomic E-state index is 4.68. The molecule has 0 atom stereocenters. The largest absolute Gasteiger partial charge is 0.353 e. The van der Waals surface area contributed by atoms with E-state index in [1.54, 1.807) is 11.3 Å². The van der Waals surface area contributed by atoms with Gasteiger partial charge in [0.05, 0.1) is 5.82 Å². The normalized spacial score (nSPS) is 10.9. The number of thiophene rings is 1. The number of nitrogens with zero attached hydrogens (tertiary/aromatic N) is 4. The van der Waals surface area contributed by atoms with Crippen LogP contribution >= 0.6 is 11.3 Å². The number of hydrogen-bond acceptors (Lipinski definition) is 3. The second-order valence-electron chi connectivity index (χ2n) is 12.4. The van der Waals surface area contributed by atoms with E-state index in [1.807, 2.05) is 42.2 Å². The first-order chi connectivity index (χ1) is 22.8. The van der Waals surface area contributed by atoms with E-state index in [1.165, 1.54) is 44.8 Å². The van der Waals surface area contributed by atoms with Gasteiger partial charge in [0.15, 0.2) is 0 Å². The van der Waals surface area contributed by atoms with Crippen molar-refractivity contribution in [3.63, 3.8) is 0 Å². The Morgan fingerprint density at radius 3 is 1.75 bits per heavy atom. The van der Waals surface area contributed by atoms with Crippen LogP contribution in [0, 0.1) is 26.0 Å². The van der Waals surface area contributed by atoms with Gasteiger partial charge in [-0.15, -0.1) is 46.8 Å². The van der Waals surface area contributed by atoms with Gasteiger partial charge in [-0.25, -0.2) is 11.3 Å². The van der Waals surface area contributed by atoms with Gasteiger partial charge in [-0.1, -0.05) is 81.6 Å². The van der Waals surface area contributed by atoms with Crippen LogP contribution in [0.1, 0.15) is 61.8 Å². The van der Waals surface area contributed by atoms with Crippen molar-refractivity contribution in [2.24, 2.45) is 0 Å². The summed E-state index contributed by atoms with van der Waals surface area (Å²) in [4.78, 5) is 9.13. The number of hydrogen-bond donors (Lipinski definition) is 0. The van der Waals surface area contributed by atoms with Gasteiger partial charge in [-0.3, -0.25) is 4.98 Å². The second kappa shape index (κ2) is 15.7. The molecule has 7 aromatic rings. The molecule has 3 aromatic heterocycles. The van der Waals surface area contributed by atoms with Crippen molar-refractivity contribution in [2.45, 2.75) is 53.4 Å². The van der Waals surface area contributed by atoms with Gasteiger partial charge >= 0.3 is 0 Å². The van der Waals surface area contributed by atoms with Crippen LogP contribution in [-0.4, -0.2) is 19.1 Å². The fourth-order valence-corrected chi connectivity index (χ4v) is 6.64. The third-order valence-corrected chi connectivity index (χ3v) is 9.01. The van der Waals surface area contributed by atoms with Crippen LogP contribution in [0.25, 0.3) is 45.3 Å². The fraction of sp³-hybridized carbons (Fsp3) is 0.190. The molecule has 4 nitrogen and oxygen atoms in total. The molecule has 0 bridgehead atoms. The zero-order valence-corrected chi connectivity index (χ0v) is 31.4. The average Bonchev–Trinajstić information content (AvgIpc) is 3.88. The van der Waals surface area contributed by atoms with Crippen LogP contribution in [0.2, 0.25) is 0 Å². The summed E-state index contributed by atoms with van der Waals surface area (Å²) in [6.07, 6.45) is 7.81. The van der Waals surface area contributed by atoms with Gasteiger partial charge < -0.3 is 14.1 Å². The van der Waals surface area contributed by atoms with Crippen molar-refractivity contribution < 1.29 is 20.1 Å². The number of aromatic nitrogens is 4. The van der Waals surface area contributed by atoms with Crippen LogP contribution in [0.3, 0.4) is 0 Å². The molecule has 7 rings (SSSR count). The summed E-state index contributed by atoms with van der Waals surface area (Å²) in [5.74, 6) is 2.66. The number of imidazole rings is 2. The molecule has 0 amide bonds. The molecule has 4 aromatic carbocycles. The Hall–Kier alpha value is -4.35. The Kier molecular flexibility index (Phi) is 11.4. The Balaban J connectivity index is 0.000000204. The molecular formula is C42H40IrN4S-2. The van der Waals surface area contributed by atoms with E-state index in [4.69, 9.17) is 0 Å². The van der Waals surface area contributed by atoms with Crippen molar-refractivity contribution in [3.8, 4) is 45.3 Å². The summed E-state index contributed by atoms with van der Waals surface area (Å²) in [6, 6.07) is 36.3. The van der Waals surface area contributed by atoms with E-state index < -0.39 is 0 Å². The summed E-state index contributed by atoms with van der Waals surface area (Å²) in [7, 11) is 0. The molecule has 1 radical (unpaired) electrons. The van der Waals surface area contributed by atoms with E-state index in [9.17, 15) is 0 Å². The third kappa shape index (κ3) is 7.37. The number of rotatable bonds is 7. The quantitative estimate of drug-likeness (QED) is 0.150.